The lowest BCUT2D eigenvalue weighted by atomic mass is 9.98. The fourth-order valence-corrected chi connectivity index (χ4v) is 3.94. The summed E-state index contributed by atoms with van der Waals surface area (Å²) in [5, 5.41) is 3.00. The predicted octanol–water partition coefficient (Wildman–Crippen LogP) is 2.18. The lowest BCUT2D eigenvalue weighted by Gasteiger charge is -2.39. The third kappa shape index (κ3) is 4.36. The van der Waals surface area contributed by atoms with Crippen molar-refractivity contribution in [2.45, 2.75) is 51.6 Å². The van der Waals surface area contributed by atoms with E-state index < -0.39 is 0 Å². The van der Waals surface area contributed by atoms with Crippen LogP contribution in [0.1, 0.15) is 39.5 Å². The molecule has 2 aliphatic heterocycles. The topological polar surface area (TPSA) is 61.9 Å². The number of ether oxygens (including phenoxy) is 1. The number of carbonyl (C=O) groups is 2. The highest BCUT2D eigenvalue weighted by Crippen LogP contribution is 2.31. The summed E-state index contributed by atoms with van der Waals surface area (Å²) >= 11 is 0. The van der Waals surface area contributed by atoms with E-state index in [4.69, 9.17) is 4.74 Å². The van der Waals surface area contributed by atoms with Gasteiger partial charge in [0.2, 0.25) is 5.91 Å². The molecule has 0 radical (unpaired) electrons. The Balaban J connectivity index is 1.45. The van der Waals surface area contributed by atoms with E-state index in [1.54, 1.807) is 4.90 Å². The SMILES string of the molecule is C[C@@H]1CCC[C@H](C)N1CCNC(=O)CCN1C(=O)COc2ccccc21. The van der Waals surface area contributed by atoms with Gasteiger partial charge in [-0.05, 0) is 38.8 Å². The van der Waals surface area contributed by atoms with E-state index >= 15 is 0 Å². The van der Waals surface area contributed by atoms with Gasteiger partial charge in [-0.2, -0.15) is 0 Å². The predicted molar refractivity (Wildman–Crippen MR) is 101 cm³/mol. The van der Waals surface area contributed by atoms with Crippen LogP contribution < -0.4 is 15.0 Å². The van der Waals surface area contributed by atoms with Gasteiger partial charge in [-0.1, -0.05) is 18.6 Å². The van der Waals surface area contributed by atoms with Crippen molar-refractivity contribution in [2.75, 3.05) is 31.1 Å². The number of likely N-dealkylation sites (tertiary alicyclic amines) is 1. The molecule has 2 atom stereocenters. The molecule has 2 heterocycles. The standard InChI is InChI=1S/C20H29N3O3/c1-15-6-5-7-16(2)22(15)13-11-21-19(24)10-12-23-17-8-3-4-9-18(17)26-14-20(23)25/h3-4,8-9,15-16H,5-7,10-14H2,1-2H3,(H,21,24)/t15-,16+. The Morgan fingerprint density at radius 1 is 1.19 bits per heavy atom. The number of hydrogen-bond donors (Lipinski definition) is 1. The van der Waals surface area contributed by atoms with Crippen molar-refractivity contribution < 1.29 is 14.3 Å². The minimum atomic E-state index is -0.104. The summed E-state index contributed by atoms with van der Waals surface area (Å²) in [6, 6.07) is 8.60. The van der Waals surface area contributed by atoms with Gasteiger partial charge >= 0.3 is 0 Å². The van der Waals surface area contributed by atoms with Crippen LogP contribution in [0, 0.1) is 0 Å². The fraction of sp³-hybridized carbons (Fsp3) is 0.600. The molecule has 0 unspecified atom stereocenters. The van der Waals surface area contributed by atoms with E-state index in [2.05, 4.69) is 24.1 Å². The first-order valence-corrected chi connectivity index (χ1v) is 9.61. The van der Waals surface area contributed by atoms with Crippen molar-refractivity contribution in [1.29, 1.82) is 0 Å². The largest absolute Gasteiger partial charge is 0.482 e. The molecule has 6 nitrogen and oxygen atoms in total. The van der Waals surface area contributed by atoms with Crippen molar-refractivity contribution in [3.8, 4) is 5.75 Å². The molecule has 0 aliphatic carbocycles. The number of nitrogens with one attached hydrogen (secondary N) is 1. The summed E-state index contributed by atoms with van der Waals surface area (Å²) in [6.45, 7) is 6.47. The molecule has 0 spiro atoms. The molecule has 1 fully saturated rings. The zero-order valence-corrected chi connectivity index (χ0v) is 15.7. The zero-order valence-electron chi connectivity index (χ0n) is 15.7. The van der Waals surface area contributed by atoms with Crippen molar-refractivity contribution in [2.24, 2.45) is 0 Å². The maximum atomic E-state index is 12.2. The molecule has 1 aromatic carbocycles. The van der Waals surface area contributed by atoms with Crippen LogP contribution in [0.25, 0.3) is 0 Å². The fourth-order valence-electron chi connectivity index (χ4n) is 3.94. The second-order valence-electron chi connectivity index (χ2n) is 7.27. The van der Waals surface area contributed by atoms with Gasteiger partial charge < -0.3 is 15.0 Å². The third-order valence-corrected chi connectivity index (χ3v) is 5.44. The Morgan fingerprint density at radius 3 is 2.69 bits per heavy atom. The summed E-state index contributed by atoms with van der Waals surface area (Å²) in [5.41, 5.74) is 0.743. The monoisotopic (exact) mass is 359 g/mol. The molecular weight excluding hydrogens is 330 g/mol. The van der Waals surface area contributed by atoms with Crippen LogP contribution >= 0.6 is 0 Å². The number of anilines is 1. The maximum Gasteiger partial charge on any atom is 0.265 e. The molecule has 142 valence electrons. The third-order valence-electron chi connectivity index (χ3n) is 5.44. The van der Waals surface area contributed by atoms with Crippen LogP contribution in [0.2, 0.25) is 0 Å². The van der Waals surface area contributed by atoms with Crippen molar-refractivity contribution in [1.82, 2.24) is 10.2 Å². The number of amides is 2. The summed E-state index contributed by atoms with van der Waals surface area (Å²) in [7, 11) is 0. The summed E-state index contributed by atoms with van der Waals surface area (Å²) < 4.78 is 5.43. The molecule has 1 aromatic rings. The van der Waals surface area contributed by atoms with Crippen LogP contribution in [0.5, 0.6) is 5.75 Å². The number of hydrogen-bond acceptors (Lipinski definition) is 4. The van der Waals surface area contributed by atoms with Crippen LogP contribution in [-0.4, -0.2) is 55.0 Å². The second-order valence-corrected chi connectivity index (χ2v) is 7.27. The molecule has 1 N–H and O–H groups in total. The highest BCUT2D eigenvalue weighted by Gasteiger charge is 2.26. The smallest absolute Gasteiger partial charge is 0.265 e. The maximum absolute atomic E-state index is 12.2. The second kappa shape index (κ2) is 8.54. The van der Waals surface area contributed by atoms with E-state index in [0.717, 1.165) is 12.2 Å². The first-order chi connectivity index (χ1) is 12.6. The number of benzene rings is 1. The molecule has 0 aromatic heterocycles. The van der Waals surface area contributed by atoms with Gasteiger partial charge in [0.1, 0.15) is 5.75 Å². The first-order valence-electron chi connectivity index (χ1n) is 9.61. The number of rotatable bonds is 6. The van der Waals surface area contributed by atoms with E-state index in [9.17, 15) is 9.59 Å². The molecule has 2 aliphatic rings. The highest BCUT2D eigenvalue weighted by molar-refractivity contribution is 5.98. The van der Waals surface area contributed by atoms with Crippen LogP contribution in [-0.2, 0) is 9.59 Å². The van der Waals surface area contributed by atoms with Gasteiger partial charge in [-0.25, -0.2) is 0 Å². The van der Waals surface area contributed by atoms with E-state index in [1.807, 2.05) is 24.3 Å². The quantitative estimate of drug-likeness (QED) is 0.846. The van der Waals surface area contributed by atoms with E-state index in [1.165, 1.54) is 19.3 Å². The molecule has 0 saturated carbocycles. The number of carbonyl (C=O) groups excluding carboxylic acids is 2. The lowest BCUT2D eigenvalue weighted by molar-refractivity contribution is -0.122. The Kier molecular flexibility index (Phi) is 6.14. The van der Waals surface area contributed by atoms with Crippen molar-refractivity contribution >= 4 is 17.5 Å². The number of fused-ring (bicyclic) bond motifs is 1. The molecule has 3 rings (SSSR count). The molecule has 1 saturated heterocycles. The highest BCUT2D eigenvalue weighted by atomic mass is 16.5. The minimum absolute atomic E-state index is 0.0147. The molecule has 2 amide bonds. The number of nitrogens with zero attached hydrogens (tertiary/aromatic N) is 2. The van der Waals surface area contributed by atoms with Crippen LogP contribution in [0.15, 0.2) is 24.3 Å². The van der Waals surface area contributed by atoms with Crippen molar-refractivity contribution in [3.63, 3.8) is 0 Å². The van der Waals surface area contributed by atoms with Gasteiger partial charge in [0, 0.05) is 38.1 Å². The van der Waals surface area contributed by atoms with Crippen molar-refractivity contribution in [3.05, 3.63) is 24.3 Å². The molecular formula is C20H29N3O3. The number of piperidine rings is 1. The average Bonchev–Trinajstić information content (AvgIpc) is 2.63. The normalized spacial score (nSPS) is 23.3. The summed E-state index contributed by atoms with van der Waals surface area (Å²) in [5.74, 6) is 0.576. The Morgan fingerprint density at radius 2 is 1.92 bits per heavy atom. The molecule has 0 bridgehead atoms. The van der Waals surface area contributed by atoms with Gasteiger partial charge in [0.25, 0.3) is 5.91 Å². The minimum Gasteiger partial charge on any atom is -0.482 e. The number of para-hydroxylation sites is 2. The van der Waals surface area contributed by atoms with Gasteiger partial charge in [-0.15, -0.1) is 0 Å². The Hall–Kier alpha value is -2.08. The van der Waals surface area contributed by atoms with E-state index in [-0.39, 0.29) is 18.4 Å². The summed E-state index contributed by atoms with van der Waals surface area (Å²) in [6.07, 6.45) is 4.05. The van der Waals surface area contributed by atoms with Gasteiger partial charge in [0.15, 0.2) is 6.61 Å². The zero-order chi connectivity index (χ0) is 18.5. The Bertz CT molecular complexity index is 639. The lowest BCUT2D eigenvalue weighted by Crippen LogP contribution is -2.47. The van der Waals surface area contributed by atoms with Gasteiger partial charge in [-0.3, -0.25) is 14.5 Å². The molecule has 6 heteroatoms. The average molecular weight is 359 g/mol. The van der Waals surface area contributed by atoms with Gasteiger partial charge in [0.05, 0.1) is 5.69 Å². The summed E-state index contributed by atoms with van der Waals surface area (Å²) in [4.78, 5) is 28.5. The van der Waals surface area contributed by atoms with E-state index in [0.29, 0.717) is 37.3 Å². The first kappa shape index (κ1) is 18.7. The Labute approximate surface area is 155 Å². The molecule has 26 heavy (non-hydrogen) atoms. The van der Waals surface area contributed by atoms with Crippen LogP contribution in [0.4, 0.5) is 5.69 Å². The van der Waals surface area contributed by atoms with Crippen LogP contribution in [0.3, 0.4) is 0 Å².